The normalized spacial score (nSPS) is 13.5. The first-order valence-corrected chi connectivity index (χ1v) is 8.42. The molecule has 0 bridgehead atoms. The van der Waals surface area contributed by atoms with E-state index in [9.17, 15) is 14.3 Å². The third kappa shape index (κ3) is 3.90. The lowest BCUT2D eigenvalue weighted by molar-refractivity contribution is 0.0241. The smallest absolute Gasteiger partial charge is 0.410 e. The van der Waals surface area contributed by atoms with Crippen molar-refractivity contribution in [1.29, 1.82) is 0 Å². The summed E-state index contributed by atoms with van der Waals surface area (Å²) in [4.78, 5) is 13.6. The Hall–Kier alpha value is -2.76. The second kappa shape index (κ2) is 6.86. The van der Waals surface area contributed by atoms with Gasteiger partial charge >= 0.3 is 6.09 Å². The first kappa shape index (κ1) is 18.0. The Bertz CT molecular complexity index is 815. The van der Waals surface area contributed by atoms with Crippen LogP contribution in [0.1, 0.15) is 37.5 Å². The van der Waals surface area contributed by atoms with E-state index in [1.165, 1.54) is 11.0 Å². The Balaban J connectivity index is 1.77. The summed E-state index contributed by atoms with van der Waals surface area (Å²) < 4.78 is 25.7. The van der Waals surface area contributed by atoms with Gasteiger partial charge in [0.2, 0.25) is 0 Å². The Morgan fingerprint density at radius 2 is 1.92 bits per heavy atom. The minimum Gasteiger partial charge on any atom is -0.504 e. The van der Waals surface area contributed by atoms with Crippen LogP contribution in [0, 0.1) is 5.82 Å². The maximum Gasteiger partial charge on any atom is 0.410 e. The highest BCUT2D eigenvalue weighted by molar-refractivity contribution is 5.70. The number of carbonyl (C=O) groups excluding carboxylic acids is 1. The van der Waals surface area contributed by atoms with E-state index in [1.807, 2.05) is 30.3 Å². The lowest BCUT2D eigenvalue weighted by Crippen LogP contribution is -2.33. The fraction of sp³-hybridized carbons (Fsp3) is 0.350. The number of hydrogen-bond acceptors (Lipinski definition) is 4. The van der Waals surface area contributed by atoms with Crippen LogP contribution in [-0.2, 0) is 24.4 Å². The number of carbonyl (C=O) groups is 1. The molecular weight excluding hydrogens is 337 g/mol. The van der Waals surface area contributed by atoms with Crippen LogP contribution in [0.5, 0.6) is 11.5 Å². The summed E-state index contributed by atoms with van der Waals surface area (Å²) in [5.41, 5.74) is 1.13. The van der Waals surface area contributed by atoms with E-state index in [0.29, 0.717) is 11.1 Å². The van der Waals surface area contributed by atoms with Gasteiger partial charge in [-0.05, 0) is 38.0 Å². The minimum absolute atomic E-state index is 0.0814. The molecule has 5 nitrogen and oxygen atoms in total. The average Bonchev–Trinajstić information content (AvgIpc) is 2.98. The molecule has 0 fully saturated rings. The number of ether oxygens (including phenoxy) is 2. The van der Waals surface area contributed by atoms with Crippen LogP contribution in [0.2, 0.25) is 0 Å². The Morgan fingerprint density at radius 3 is 2.58 bits per heavy atom. The number of benzene rings is 2. The summed E-state index contributed by atoms with van der Waals surface area (Å²) in [5, 5.41) is 10.1. The summed E-state index contributed by atoms with van der Waals surface area (Å²) in [6.45, 7) is 5.73. The number of rotatable bonds is 3. The van der Waals surface area contributed by atoms with Gasteiger partial charge in [-0.15, -0.1) is 0 Å². The van der Waals surface area contributed by atoms with E-state index >= 15 is 0 Å². The van der Waals surface area contributed by atoms with Crippen molar-refractivity contribution in [3.8, 4) is 11.5 Å². The van der Waals surface area contributed by atoms with Crippen molar-refractivity contribution in [2.24, 2.45) is 0 Å². The van der Waals surface area contributed by atoms with Crippen LogP contribution in [0.3, 0.4) is 0 Å². The molecule has 0 spiro atoms. The maximum atomic E-state index is 14.8. The predicted molar refractivity (Wildman–Crippen MR) is 94.3 cm³/mol. The number of fused-ring (bicyclic) bond motifs is 1. The van der Waals surface area contributed by atoms with Gasteiger partial charge in [0.05, 0.1) is 6.54 Å². The molecule has 1 amide bonds. The van der Waals surface area contributed by atoms with Crippen LogP contribution in [-0.4, -0.2) is 21.7 Å². The summed E-state index contributed by atoms with van der Waals surface area (Å²) in [5.74, 6) is -1.11. The van der Waals surface area contributed by atoms with Crippen molar-refractivity contribution in [3.05, 3.63) is 58.9 Å². The highest BCUT2D eigenvalue weighted by Crippen LogP contribution is 2.38. The highest BCUT2D eigenvalue weighted by Gasteiger charge is 2.32. The third-order valence-electron chi connectivity index (χ3n) is 3.98. The van der Waals surface area contributed by atoms with E-state index in [1.54, 1.807) is 20.8 Å². The zero-order chi connectivity index (χ0) is 18.9. The average molecular weight is 359 g/mol. The zero-order valence-electron chi connectivity index (χ0n) is 15.1. The molecule has 1 aliphatic rings. The van der Waals surface area contributed by atoms with Crippen molar-refractivity contribution in [3.63, 3.8) is 0 Å². The SMILES string of the molecule is CC(C)(C)OC(=O)N1Cc2cc(O)c(OCc3ccccc3)c(F)c2C1. The van der Waals surface area contributed by atoms with Gasteiger partial charge in [0.25, 0.3) is 0 Å². The molecule has 26 heavy (non-hydrogen) atoms. The number of phenols is 1. The van der Waals surface area contributed by atoms with Crippen molar-refractivity contribution >= 4 is 6.09 Å². The molecule has 0 saturated heterocycles. The third-order valence-corrected chi connectivity index (χ3v) is 3.98. The number of halogens is 1. The first-order valence-electron chi connectivity index (χ1n) is 8.42. The highest BCUT2D eigenvalue weighted by atomic mass is 19.1. The monoisotopic (exact) mass is 359 g/mol. The van der Waals surface area contributed by atoms with Gasteiger partial charge in [-0.2, -0.15) is 0 Å². The molecule has 3 rings (SSSR count). The number of amides is 1. The van der Waals surface area contributed by atoms with Gasteiger partial charge in [-0.1, -0.05) is 30.3 Å². The van der Waals surface area contributed by atoms with Crippen molar-refractivity contribution < 1.29 is 23.8 Å². The van der Waals surface area contributed by atoms with E-state index in [0.717, 1.165) is 5.56 Å². The molecular formula is C20H22FNO4. The molecule has 6 heteroatoms. The lowest BCUT2D eigenvalue weighted by atomic mass is 10.1. The van der Waals surface area contributed by atoms with Crippen LogP contribution in [0.25, 0.3) is 0 Å². The van der Waals surface area contributed by atoms with E-state index in [-0.39, 0.29) is 31.2 Å². The fourth-order valence-electron chi connectivity index (χ4n) is 2.80. The number of nitrogens with zero attached hydrogens (tertiary/aromatic N) is 1. The van der Waals surface area contributed by atoms with E-state index in [2.05, 4.69) is 0 Å². The van der Waals surface area contributed by atoms with Gasteiger partial charge in [0, 0.05) is 12.1 Å². The molecule has 1 N–H and O–H groups in total. The van der Waals surface area contributed by atoms with Crippen molar-refractivity contribution in [2.75, 3.05) is 0 Å². The summed E-state index contributed by atoms with van der Waals surface area (Å²) in [6.07, 6.45) is -0.514. The molecule has 2 aromatic rings. The van der Waals surface area contributed by atoms with Gasteiger partial charge in [-0.3, -0.25) is 4.90 Å². The van der Waals surface area contributed by atoms with Crippen LogP contribution in [0.15, 0.2) is 36.4 Å². The Morgan fingerprint density at radius 1 is 1.23 bits per heavy atom. The maximum absolute atomic E-state index is 14.8. The van der Waals surface area contributed by atoms with Crippen LogP contribution < -0.4 is 4.74 Å². The topological polar surface area (TPSA) is 59.0 Å². The second-order valence-corrected chi connectivity index (χ2v) is 7.29. The first-order chi connectivity index (χ1) is 12.2. The largest absolute Gasteiger partial charge is 0.504 e. The Kier molecular flexibility index (Phi) is 4.76. The summed E-state index contributed by atoms with van der Waals surface area (Å²) >= 11 is 0. The van der Waals surface area contributed by atoms with Gasteiger partial charge < -0.3 is 14.6 Å². The molecule has 1 heterocycles. The van der Waals surface area contributed by atoms with E-state index < -0.39 is 17.5 Å². The van der Waals surface area contributed by atoms with Gasteiger partial charge in [0.1, 0.15) is 12.2 Å². The summed E-state index contributed by atoms with van der Waals surface area (Å²) in [6, 6.07) is 10.7. The molecule has 0 unspecified atom stereocenters. The molecule has 0 aliphatic carbocycles. The molecule has 2 aromatic carbocycles. The van der Waals surface area contributed by atoms with Crippen molar-refractivity contribution in [2.45, 2.75) is 46.1 Å². The lowest BCUT2D eigenvalue weighted by Gasteiger charge is -2.24. The molecule has 0 saturated carbocycles. The van der Waals surface area contributed by atoms with Crippen LogP contribution in [0.4, 0.5) is 9.18 Å². The molecule has 1 aliphatic heterocycles. The quantitative estimate of drug-likeness (QED) is 0.885. The van der Waals surface area contributed by atoms with Gasteiger partial charge in [-0.25, -0.2) is 9.18 Å². The van der Waals surface area contributed by atoms with Crippen molar-refractivity contribution in [1.82, 2.24) is 4.90 Å². The summed E-state index contributed by atoms with van der Waals surface area (Å²) in [7, 11) is 0. The number of phenolic OH excluding ortho intramolecular Hbond substituents is 1. The molecule has 0 radical (unpaired) electrons. The van der Waals surface area contributed by atoms with Gasteiger partial charge in [0.15, 0.2) is 17.3 Å². The predicted octanol–water partition coefficient (Wildman–Crippen LogP) is 4.36. The van der Waals surface area contributed by atoms with E-state index in [4.69, 9.17) is 9.47 Å². The zero-order valence-corrected chi connectivity index (χ0v) is 15.1. The molecule has 138 valence electrons. The second-order valence-electron chi connectivity index (χ2n) is 7.29. The minimum atomic E-state index is -0.637. The molecule has 0 atom stereocenters. The number of hydrogen-bond donors (Lipinski definition) is 1. The molecule has 0 aromatic heterocycles. The fourth-order valence-corrected chi connectivity index (χ4v) is 2.80. The number of aromatic hydroxyl groups is 1. The Labute approximate surface area is 152 Å². The van der Waals surface area contributed by atoms with Crippen LogP contribution >= 0.6 is 0 Å². The standard InChI is InChI=1S/C20H22FNO4/c1-20(2,3)26-19(24)22-10-14-9-16(23)18(17(21)15(14)11-22)25-12-13-7-5-4-6-8-13/h4-9,23H,10-12H2,1-3H3.